The molecular formula is C14H25NO5. The molecule has 0 aromatic carbocycles. The van der Waals surface area contributed by atoms with Gasteiger partial charge in [0.05, 0.1) is 25.9 Å². The zero-order valence-corrected chi connectivity index (χ0v) is 12.8. The number of methoxy groups -OCH3 is 1. The Balaban J connectivity index is 2.03. The van der Waals surface area contributed by atoms with E-state index < -0.39 is 11.4 Å². The summed E-state index contributed by atoms with van der Waals surface area (Å²) in [6.07, 6.45) is 0.999. The van der Waals surface area contributed by atoms with Crippen molar-refractivity contribution in [2.24, 2.45) is 0 Å². The highest BCUT2D eigenvalue weighted by molar-refractivity contribution is 5.68. The standard InChI is InChI=1S/C14H25NO5/c1-13(2,3)20-12(16)15-6-5-14(18-7-8-19-14)9-11(15)10-17-4/h11H,5-10H2,1-4H3/t11-/m1/s1. The van der Waals surface area contributed by atoms with E-state index >= 15 is 0 Å². The zero-order chi connectivity index (χ0) is 14.8. The summed E-state index contributed by atoms with van der Waals surface area (Å²) in [4.78, 5) is 14.0. The normalized spacial score (nSPS) is 26.0. The molecule has 116 valence electrons. The largest absolute Gasteiger partial charge is 0.444 e. The van der Waals surface area contributed by atoms with Crippen LogP contribution in [0.1, 0.15) is 33.6 Å². The summed E-state index contributed by atoms with van der Waals surface area (Å²) in [5.74, 6) is -0.540. The Morgan fingerprint density at radius 2 is 2.00 bits per heavy atom. The third-order valence-electron chi connectivity index (χ3n) is 3.52. The first kappa shape index (κ1) is 15.5. The van der Waals surface area contributed by atoms with Crippen molar-refractivity contribution < 1.29 is 23.7 Å². The predicted molar refractivity (Wildman–Crippen MR) is 72.5 cm³/mol. The fraction of sp³-hybridized carbons (Fsp3) is 0.929. The van der Waals surface area contributed by atoms with Crippen LogP contribution < -0.4 is 0 Å². The maximum Gasteiger partial charge on any atom is 0.410 e. The van der Waals surface area contributed by atoms with Crippen molar-refractivity contribution in [2.75, 3.05) is 33.5 Å². The minimum Gasteiger partial charge on any atom is -0.444 e. The Kier molecular flexibility index (Phi) is 4.56. The van der Waals surface area contributed by atoms with Gasteiger partial charge in [-0.1, -0.05) is 0 Å². The van der Waals surface area contributed by atoms with Crippen molar-refractivity contribution in [2.45, 2.75) is 51.0 Å². The SMILES string of the molecule is COC[C@H]1CC2(CCN1C(=O)OC(C)(C)C)OCCO2. The lowest BCUT2D eigenvalue weighted by Gasteiger charge is -2.43. The smallest absolute Gasteiger partial charge is 0.410 e. The van der Waals surface area contributed by atoms with Gasteiger partial charge in [-0.3, -0.25) is 0 Å². The van der Waals surface area contributed by atoms with Gasteiger partial charge in [0.1, 0.15) is 5.60 Å². The Morgan fingerprint density at radius 3 is 2.55 bits per heavy atom. The van der Waals surface area contributed by atoms with Crippen LogP contribution in [0.2, 0.25) is 0 Å². The molecule has 2 rings (SSSR count). The Morgan fingerprint density at radius 1 is 1.35 bits per heavy atom. The van der Waals surface area contributed by atoms with Crippen LogP contribution in [-0.2, 0) is 18.9 Å². The summed E-state index contributed by atoms with van der Waals surface area (Å²) in [7, 11) is 1.63. The number of likely N-dealkylation sites (tertiary alicyclic amines) is 1. The van der Waals surface area contributed by atoms with E-state index in [2.05, 4.69) is 0 Å². The molecule has 0 unspecified atom stereocenters. The lowest BCUT2D eigenvalue weighted by molar-refractivity contribution is -0.197. The van der Waals surface area contributed by atoms with Crippen LogP contribution in [0.4, 0.5) is 4.79 Å². The second-order valence-corrected chi connectivity index (χ2v) is 6.34. The second kappa shape index (κ2) is 5.87. The van der Waals surface area contributed by atoms with E-state index in [4.69, 9.17) is 18.9 Å². The molecule has 0 aromatic heterocycles. The van der Waals surface area contributed by atoms with Gasteiger partial charge in [0.25, 0.3) is 0 Å². The molecule has 1 spiro atoms. The quantitative estimate of drug-likeness (QED) is 0.775. The Labute approximate surface area is 120 Å². The summed E-state index contributed by atoms with van der Waals surface area (Å²) in [5.41, 5.74) is -0.496. The molecule has 2 aliphatic heterocycles. The van der Waals surface area contributed by atoms with E-state index in [0.29, 0.717) is 39.2 Å². The minimum atomic E-state index is -0.540. The molecule has 2 aliphatic rings. The van der Waals surface area contributed by atoms with Crippen LogP contribution in [0.25, 0.3) is 0 Å². The van der Waals surface area contributed by atoms with Crippen LogP contribution >= 0.6 is 0 Å². The van der Waals surface area contributed by atoms with Gasteiger partial charge in [0.15, 0.2) is 5.79 Å². The van der Waals surface area contributed by atoms with E-state index in [-0.39, 0.29) is 12.1 Å². The molecule has 2 saturated heterocycles. The summed E-state index contributed by atoms with van der Waals surface area (Å²) in [6.45, 7) is 7.84. The van der Waals surface area contributed by atoms with E-state index in [1.54, 1.807) is 12.0 Å². The van der Waals surface area contributed by atoms with Gasteiger partial charge in [0.2, 0.25) is 0 Å². The number of piperidine rings is 1. The number of hydrogen-bond donors (Lipinski definition) is 0. The molecule has 6 heteroatoms. The number of ether oxygens (including phenoxy) is 4. The zero-order valence-electron chi connectivity index (χ0n) is 12.8. The summed E-state index contributed by atoms with van der Waals surface area (Å²) in [6, 6.07) is -0.0818. The summed E-state index contributed by atoms with van der Waals surface area (Å²) in [5, 5.41) is 0. The lowest BCUT2D eigenvalue weighted by atomic mass is 9.96. The number of carbonyl (C=O) groups is 1. The average Bonchev–Trinajstić information content (AvgIpc) is 2.75. The second-order valence-electron chi connectivity index (χ2n) is 6.34. The number of amides is 1. The molecule has 0 bridgehead atoms. The first-order valence-corrected chi connectivity index (χ1v) is 7.12. The number of nitrogens with zero attached hydrogens (tertiary/aromatic N) is 1. The molecule has 1 atom stereocenters. The Bertz CT molecular complexity index is 346. The predicted octanol–water partition coefficient (Wildman–Crippen LogP) is 1.78. The topological polar surface area (TPSA) is 57.2 Å². The highest BCUT2D eigenvalue weighted by Crippen LogP contribution is 2.35. The third-order valence-corrected chi connectivity index (χ3v) is 3.52. The van der Waals surface area contributed by atoms with Gasteiger partial charge in [-0.2, -0.15) is 0 Å². The number of hydrogen-bond acceptors (Lipinski definition) is 5. The van der Waals surface area contributed by atoms with E-state index in [9.17, 15) is 4.79 Å². The van der Waals surface area contributed by atoms with E-state index in [0.717, 1.165) is 0 Å². The molecule has 2 heterocycles. The van der Waals surface area contributed by atoms with Gasteiger partial charge in [-0.15, -0.1) is 0 Å². The van der Waals surface area contributed by atoms with Gasteiger partial charge in [-0.05, 0) is 20.8 Å². The molecule has 1 amide bonds. The molecule has 2 fully saturated rings. The molecule has 0 aromatic rings. The van der Waals surface area contributed by atoms with Gasteiger partial charge < -0.3 is 23.8 Å². The van der Waals surface area contributed by atoms with Crippen LogP contribution in [-0.4, -0.2) is 61.9 Å². The van der Waals surface area contributed by atoms with Crippen molar-refractivity contribution in [3.63, 3.8) is 0 Å². The van der Waals surface area contributed by atoms with Gasteiger partial charge in [-0.25, -0.2) is 4.79 Å². The summed E-state index contributed by atoms with van der Waals surface area (Å²) < 4.78 is 22.1. The van der Waals surface area contributed by atoms with Gasteiger partial charge in [0, 0.05) is 26.5 Å². The average molecular weight is 287 g/mol. The molecule has 0 radical (unpaired) electrons. The summed E-state index contributed by atoms with van der Waals surface area (Å²) >= 11 is 0. The highest BCUT2D eigenvalue weighted by atomic mass is 16.7. The molecule has 0 N–H and O–H groups in total. The van der Waals surface area contributed by atoms with Gasteiger partial charge >= 0.3 is 6.09 Å². The molecule has 6 nitrogen and oxygen atoms in total. The number of carbonyl (C=O) groups excluding carboxylic acids is 1. The lowest BCUT2D eigenvalue weighted by Crippen LogP contribution is -2.55. The van der Waals surface area contributed by atoms with Crippen molar-refractivity contribution in [3.8, 4) is 0 Å². The van der Waals surface area contributed by atoms with E-state index in [1.807, 2.05) is 20.8 Å². The van der Waals surface area contributed by atoms with Crippen molar-refractivity contribution >= 4 is 6.09 Å². The first-order chi connectivity index (χ1) is 9.35. The maximum atomic E-state index is 12.3. The van der Waals surface area contributed by atoms with Crippen LogP contribution in [0.15, 0.2) is 0 Å². The van der Waals surface area contributed by atoms with Crippen LogP contribution in [0.5, 0.6) is 0 Å². The maximum absolute atomic E-state index is 12.3. The van der Waals surface area contributed by atoms with Crippen molar-refractivity contribution in [1.29, 1.82) is 0 Å². The number of rotatable bonds is 2. The molecule has 0 saturated carbocycles. The minimum absolute atomic E-state index is 0.0818. The van der Waals surface area contributed by atoms with Crippen LogP contribution in [0.3, 0.4) is 0 Å². The van der Waals surface area contributed by atoms with Crippen LogP contribution in [0, 0.1) is 0 Å². The fourth-order valence-corrected chi connectivity index (χ4v) is 2.71. The molecular weight excluding hydrogens is 262 g/mol. The Hall–Kier alpha value is -0.850. The fourth-order valence-electron chi connectivity index (χ4n) is 2.71. The highest BCUT2D eigenvalue weighted by Gasteiger charge is 2.46. The third kappa shape index (κ3) is 3.62. The molecule has 0 aliphatic carbocycles. The monoisotopic (exact) mass is 287 g/mol. The van der Waals surface area contributed by atoms with E-state index in [1.165, 1.54) is 0 Å². The first-order valence-electron chi connectivity index (χ1n) is 7.12. The molecule has 20 heavy (non-hydrogen) atoms. The van der Waals surface area contributed by atoms with Crippen molar-refractivity contribution in [3.05, 3.63) is 0 Å². The van der Waals surface area contributed by atoms with Crippen molar-refractivity contribution in [1.82, 2.24) is 4.90 Å².